The summed E-state index contributed by atoms with van der Waals surface area (Å²) in [5, 5.41) is 0. The highest BCUT2D eigenvalue weighted by Gasteiger charge is 2.01. The summed E-state index contributed by atoms with van der Waals surface area (Å²) >= 11 is 11.1. The largest absolute Gasteiger partial charge is 0.290 e. The van der Waals surface area contributed by atoms with E-state index in [1.807, 2.05) is 18.9 Å². The van der Waals surface area contributed by atoms with Crippen LogP contribution in [0.25, 0.3) is 0 Å². The molecule has 0 aliphatic rings. The number of nitrogens with zero attached hydrogens (tertiary/aromatic N) is 1. The monoisotopic (exact) mass is 155 g/mol. The Labute approximate surface area is 60.6 Å². The Bertz CT molecular complexity index is 56.4. The van der Waals surface area contributed by atoms with Crippen molar-refractivity contribution in [1.82, 2.24) is 4.90 Å². The van der Waals surface area contributed by atoms with Crippen LogP contribution in [0, 0.1) is 0 Å². The molecule has 0 heterocycles. The minimum absolute atomic E-state index is 0.0914. The number of hydrogen-bond acceptors (Lipinski definition) is 1. The molecular weight excluding hydrogens is 145 g/mol. The summed E-state index contributed by atoms with van der Waals surface area (Å²) in [4.78, 5) is 1.98. The van der Waals surface area contributed by atoms with Gasteiger partial charge in [0, 0.05) is 12.4 Å². The highest BCUT2D eigenvalue weighted by atomic mass is 35.5. The van der Waals surface area contributed by atoms with E-state index in [4.69, 9.17) is 23.2 Å². The Hall–Kier alpha value is 0.540. The molecule has 1 atom stereocenters. The maximum Gasteiger partial charge on any atom is 0.0819 e. The highest BCUT2D eigenvalue weighted by Crippen LogP contribution is 1.98. The molecule has 8 heavy (non-hydrogen) atoms. The molecule has 0 aliphatic carbocycles. The molecule has 1 nitrogen and oxygen atoms in total. The van der Waals surface area contributed by atoms with Gasteiger partial charge >= 0.3 is 0 Å². The van der Waals surface area contributed by atoms with Gasteiger partial charge in [-0.2, -0.15) is 0 Å². The van der Waals surface area contributed by atoms with Crippen molar-refractivity contribution < 1.29 is 0 Å². The Kier molecular flexibility index (Phi) is 4.72. The van der Waals surface area contributed by atoms with Crippen molar-refractivity contribution in [2.45, 2.75) is 12.4 Å². The lowest BCUT2D eigenvalue weighted by atomic mass is 10.6. The Morgan fingerprint density at radius 1 is 1.62 bits per heavy atom. The van der Waals surface area contributed by atoms with Gasteiger partial charge in [0.05, 0.1) is 5.50 Å². The fourth-order valence-electron chi connectivity index (χ4n) is 0.311. The predicted octanol–water partition coefficient (Wildman–Crippen LogP) is 1.74. The summed E-state index contributed by atoms with van der Waals surface area (Å²) < 4.78 is 0. The molecule has 0 aliphatic heterocycles. The molecule has 1 unspecified atom stereocenters. The van der Waals surface area contributed by atoms with Crippen LogP contribution in [0.3, 0.4) is 0 Å². The van der Waals surface area contributed by atoms with Crippen molar-refractivity contribution in [2.75, 3.05) is 19.5 Å². The van der Waals surface area contributed by atoms with Gasteiger partial charge in [-0.1, -0.05) is 0 Å². The van der Waals surface area contributed by atoms with E-state index < -0.39 is 0 Å². The fourth-order valence-corrected chi connectivity index (χ4v) is 0.675. The van der Waals surface area contributed by atoms with Gasteiger partial charge in [-0.3, -0.25) is 4.90 Å². The van der Waals surface area contributed by atoms with Crippen LogP contribution in [0.2, 0.25) is 0 Å². The average molecular weight is 156 g/mol. The zero-order valence-corrected chi connectivity index (χ0v) is 6.71. The highest BCUT2D eigenvalue weighted by molar-refractivity contribution is 6.20. The second-order valence-corrected chi connectivity index (χ2v) is 2.75. The van der Waals surface area contributed by atoms with Gasteiger partial charge in [0.25, 0.3) is 0 Å². The normalized spacial score (nSPS) is 14.6. The topological polar surface area (TPSA) is 3.24 Å². The van der Waals surface area contributed by atoms with Crippen LogP contribution in [0.15, 0.2) is 0 Å². The summed E-state index contributed by atoms with van der Waals surface area (Å²) in [6, 6.07) is 0. The molecule has 3 heteroatoms. The third-order valence-electron chi connectivity index (χ3n) is 1.04. The zero-order chi connectivity index (χ0) is 6.57. The number of hydrogen-bond donors (Lipinski definition) is 0. The predicted molar refractivity (Wildman–Crippen MR) is 38.7 cm³/mol. The Morgan fingerprint density at radius 2 is 2.12 bits per heavy atom. The van der Waals surface area contributed by atoms with E-state index in [0.29, 0.717) is 5.88 Å². The smallest absolute Gasteiger partial charge is 0.0819 e. The van der Waals surface area contributed by atoms with Crippen LogP contribution < -0.4 is 0 Å². The first-order valence-corrected chi connectivity index (χ1v) is 3.56. The van der Waals surface area contributed by atoms with E-state index in [9.17, 15) is 0 Å². The molecule has 50 valence electrons. The molecule has 0 aromatic rings. The average Bonchev–Trinajstić information content (AvgIpc) is 1.67. The summed E-state index contributed by atoms with van der Waals surface area (Å²) in [7, 11) is 1.94. The SMILES string of the molecule is CC(Cl)N(C)CCCl. The molecule has 0 saturated heterocycles. The van der Waals surface area contributed by atoms with E-state index in [1.165, 1.54) is 0 Å². The Morgan fingerprint density at radius 3 is 2.25 bits per heavy atom. The second kappa shape index (κ2) is 4.42. The maximum atomic E-state index is 5.67. The standard InChI is InChI=1S/C5H11Cl2N/c1-5(7)8(2)4-3-6/h5H,3-4H2,1-2H3. The van der Waals surface area contributed by atoms with E-state index >= 15 is 0 Å². The van der Waals surface area contributed by atoms with Crippen molar-refractivity contribution in [2.24, 2.45) is 0 Å². The third-order valence-corrected chi connectivity index (χ3v) is 1.55. The quantitative estimate of drug-likeness (QED) is 0.444. The third kappa shape index (κ3) is 3.53. The summed E-state index contributed by atoms with van der Waals surface area (Å²) in [6.45, 7) is 2.78. The minimum atomic E-state index is 0.0914. The van der Waals surface area contributed by atoms with Gasteiger partial charge < -0.3 is 0 Å². The van der Waals surface area contributed by atoms with Crippen LogP contribution in [-0.2, 0) is 0 Å². The van der Waals surface area contributed by atoms with Crippen molar-refractivity contribution in [1.29, 1.82) is 0 Å². The molecule has 0 spiro atoms. The van der Waals surface area contributed by atoms with Gasteiger partial charge in [-0.25, -0.2) is 0 Å². The van der Waals surface area contributed by atoms with Crippen molar-refractivity contribution in [3.05, 3.63) is 0 Å². The number of rotatable bonds is 3. The van der Waals surface area contributed by atoms with Crippen LogP contribution in [0.4, 0.5) is 0 Å². The van der Waals surface area contributed by atoms with Crippen molar-refractivity contribution >= 4 is 23.2 Å². The van der Waals surface area contributed by atoms with Crippen LogP contribution in [0.1, 0.15) is 6.92 Å². The van der Waals surface area contributed by atoms with Gasteiger partial charge in [-0.05, 0) is 14.0 Å². The lowest BCUT2D eigenvalue weighted by Gasteiger charge is -2.16. The second-order valence-electron chi connectivity index (χ2n) is 1.74. The molecule has 0 bridgehead atoms. The first-order valence-electron chi connectivity index (χ1n) is 2.58. The van der Waals surface area contributed by atoms with Crippen LogP contribution >= 0.6 is 23.2 Å². The molecule has 0 amide bonds. The molecule has 0 N–H and O–H groups in total. The van der Waals surface area contributed by atoms with E-state index in [-0.39, 0.29) is 5.50 Å². The molecule has 0 saturated carbocycles. The molecule has 0 aromatic heterocycles. The summed E-state index contributed by atoms with van der Waals surface area (Å²) in [5.41, 5.74) is 0.0914. The summed E-state index contributed by atoms with van der Waals surface area (Å²) in [6.07, 6.45) is 0. The van der Waals surface area contributed by atoms with Gasteiger partial charge in [0.15, 0.2) is 0 Å². The van der Waals surface area contributed by atoms with Crippen molar-refractivity contribution in [3.63, 3.8) is 0 Å². The van der Waals surface area contributed by atoms with E-state index in [0.717, 1.165) is 6.54 Å². The number of alkyl halides is 2. The van der Waals surface area contributed by atoms with Crippen molar-refractivity contribution in [3.8, 4) is 0 Å². The lowest BCUT2D eigenvalue weighted by molar-refractivity contribution is 0.343. The van der Waals surface area contributed by atoms with Crippen LogP contribution in [0.5, 0.6) is 0 Å². The van der Waals surface area contributed by atoms with E-state index in [2.05, 4.69) is 0 Å². The van der Waals surface area contributed by atoms with Gasteiger partial charge in [-0.15, -0.1) is 23.2 Å². The first-order chi connectivity index (χ1) is 3.68. The number of halogens is 2. The molecule has 0 radical (unpaired) electrons. The van der Waals surface area contributed by atoms with Crippen LogP contribution in [-0.4, -0.2) is 29.9 Å². The van der Waals surface area contributed by atoms with Gasteiger partial charge in [0.1, 0.15) is 0 Å². The van der Waals surface area contributed by atoms with E-state index in [1.54, 1.807) is 0 Å². The fraction of sp³-hybridized carbons (Fsp3) is 1.00. The van der Waals surface area contributed by atoms with Gasteiger partial charge in [0.2, 0.25) is 0 Å². The lowest BCUT2D eigenvalue weighted by Crippen LogP contribution is -2.26. The minimum Gasteiger partial charge on any atom is -0.290 e. The summed E-state index contributed by atoms with van der Waals surface area (Å²) in [5.74, 6) is 0.646. The molecule has 0 rings (SSSR count). The molecule has 0 fully saturated rings. The first kappa shape index (κ1) is 8.54. The maximum absolute atomic E-state index is 5.67. The molecule has 0 aromatic carbocycles. The molecular formula is C5H11Cl2N. The zero-order valence-electron chi connectivity index (χ0n) is 5.19. The Balaban J connectivity index is 3.17.